The maximum absolute atomic E-state index is 13.7. The lowest BCUT2D eigenvalue weighted by Crippen LogP contribution is -2.44. The van der Waals surface area contributed by atoms with Crippen LogP contribution in [0, 0.1) is 11.8 Å². The topological polar surface area (TPSA) is 54.5 Å². The van der Waals surface area contributed by atoms with Crippen molar-refractivity contribution >= 4 is 26.5 Å². The van der Waals surface area contributed by atoms with Crippen molar-refractivity contribution in [2.45, 2.75) is 70.9 Å². The van der Waals surface area contributed by atoms with Crippen LogP contribution in [0.4, 0.5) is 0 Å². The number of hydrogen-bond acceptors (Lipinski definition) is 3. The van der Waals surface area contributed by atoms with E-state index < -0.39 is 9.84 Å². The average molecular weight is 442 g/mol. The number of unbranched alkanes of at least 4 members (excludes halogenated alkanes) is 1. The van der Waals surface area contributed by atoms with Gasteiger partial charge in [0.15, 0.2) is 9.84 Å². The highest BCUT2D eigenvalue weighted by atomic mass is 32.2. The summed E-state index contributed by atoms with van der Waals surface area (Å²) < 4.78 is 24.4. The molecule has 5 heteroatoms. The fourth-order valence-electron chi connectivity index (χ4n) is 5.45. The third-order valence-electron chi connectivity index (χ3n) is 7.31. The molecule has 1 aliphatic heterocycles. The molecule has 1 heterocycles. The summed E-state index contributed by atoms with van der Waals surface area (Å²) in [6, 6.07) is 14.2. The van der Waals surface area contributed by atoms with Crippen LogP contribution in [0.5, 0.6) is 0 Å². The summed E-state index contributed by atoms with van der Waals surface area (Å²) in [4.78, 5) is 15.6. The first kappa shape index (κ1) is 22.3. The fourth-order valence-corrected chi connectivity index (χ4v) is 7.18. The molecule has 4 nitrogen and oxygen atoms in total. The molecule has 1 atom stereocenters. The Bertz CT molecular complexity index is 1000. The maximum atomic E-state index is 13.7. The molecule has 1 aliphatic carbocycles. The lowest BCUT2D eigenvalue weighted by molar-refractivity contribution is -0.139. The number of carbonyl (C=O) groups is 1. The van der Waals surface area contributed by atoms with Crippen LogP contribution >= 0.6 is 0 Å². The van der Waals surface area contributed by atoms with Crippen molar-refractivity contribution in [3.8, 4) is 0 Å². The Labute approximate surface area is 186 Å². The van der Waals surface area contributed by atoms with E-state index in [-0.39, 0.29) is 29.4 Å². The molecule has 1 saturated heterocycles. The molecule has 0 bridgehead atoms. The zero-order valence-electron chi connectivity index (χ0n) is 18.6. The summed E-state index contributed by atoms with van der Waals surface area (Å²) >= 11 is 0. The van der Waals surface area contributed by atoms with E-state index in [1.807, 2.05) is 23.1 Å². The lowest BCUT2D eigenvalue weighted by atomic mass is 9.79. The number of benzene rings is 2. The van der Waals surface area contributed by atoms with Crippen LogP contribution < -0.4 is 0 Å². The molecule has 2 fully saturated rings. The SMILES string of the molecule is CCCCC1CCC(C(=O)N(Cc2cccc3ccccc23)C2CCS(=O)(=O)C2)CC1. The number of nitrogens with zero attached hydrogens (tertiary/aromatic N) is 1. The summed E-state index contributed by atoms with van der Waals surface area (Å²) in [6.45, 7) is 2.73. The highest BCUT2D eigenvalue weighted by Crippen LogP contribution is 2.35. The molecular weight excluding hydrogens is 406 g/mol. The van der Waals surface area contributed by atoms with Gasteiger partial charge in [-0.05, 0) is 54.4 Å². The third kappa shape index (κ3) is 5.31. The van der Waals surface area contributed by atoms with E-state index >= 15 is 0 Å². The lowest BCUT2D eigenvalue weighted by Gasteiger charge is -2.35. The van der Waals surface area contributed by atoms with E-state index in [1.54, 1.807) is 0 Å². The van der Waals surface area contributed by atoms with Crippen molar-refractivity contribution in [3.05, 3.63) is 48.0 Å². The van der Waals surface area contributed by atoms with Crippen LogP contribution in [-0.2, 0) is 21.2 Å². The van der Waals surface area contributed by atoms with Gasteiger partial charge in [-0.15, -0.1) is 0 Å². The van der Waals surface area contributed by atoms with Crippen LogP contribution in [0.15, 0.2) is 42.5 Å². The second-order valence-corrected chi connectivity index (χ2v) is 11.7. The van der Waals surface area contributed by atoms with Gasteiger partial charge in [0.2, 0.25) is 5.91 Å². The van der Waals surface area contributed by atoms with Crippen LogP contribution in [0.25, 0.3) is 10.8 Å². The quantitative estimate of drug-likeness (QED) is 0.582. The van der Waals surface area contributed by atoms with Crippen molar-refractivity contribution in [3.63, 3.8) is 0 Å². The molecule has 1 unspecified atom stereocenters. The van der Waals surface area contributed by atoms with E-state index in [0.717, 1.165) is 47.9 Å². The summed E-state index contributed by atoms with van der Waals surface area (Å²) in [5, 5.41) is 2.30. The Morgan fingerprint density at radius 3 is 2.45 bits per heavy atom. The van der Waals surface area contributed by atoms with Crippen LogP contribution in [0.1, 0.15) is 63.9 Å². The maximum Gasteiger partial charge on any atom is 0.226 e. The van der Waals surface area contributed by atoms with Gasteiger partial charge < -0.3 is 4.90 Å². The average Bonchev–Trinajstić information content (AvgIpc) is 3.15. The van der Waals surface area contributed by atoms with Crippen LogP contribution in [0.2, 0.25) is 0 Å². The van der Waals surface area contributed by atoms with E-state index in [1.165, 1.54) is 19.3 Å². The smallest absolute Gasteiger partial charge is 0.226 e. The number of sulfone groups is 1. The van der Waals surface area contributed by atoms with Crippen molar-refractivity contribution in [2.24, 2.45) is 11.8 Å². The normalized spacial score (nSPS) is 25.5. The molecule has 0 radical (unpaired) electrons. The molecule has 31 heavy (non-hydrogen) atoms. The first-order valence-electron chi connectivity index (χ1n) is 11.9. The molecule has 4 rings (SSSR count). The van der Waals surface area contributed by atoms with E-state index in [2.05, 4.69) is 31.2 Å². The van der Waals surface area contributed by atoms with Crippen molar-refractivity contribution in [2.75, 3.05) is 11.5 Å². The fraction of sp³-hybridized carbons (Fsp3) is 0.577. The van der Waals surface area contributed by atoms with Crippen molar-refractivity contribution in [1.29, 1.82) is 0 Å². The Morgan fingerprint density at radius 2 is 1.74 bits per heavy atom. The van der Waals surface area contributed by atoms with E-state index in [9.17, 15) is 13.2 Å². The Morgan fingerprint density at radius 1 is 1.00 bits per heavy atom. The number of carbonyl (C=O) groups excluding carboxylic acids is 1. The molecule has 1 amide bonds. The molecule has 0 N–H and O–H groups in total. The van der Waals surface area contributed by atoms with Crippen LogP contribution in [-0.4, -0.2) is 36.8 Å². The Hall–Kier alpha value is -1.88. The highest BCUT2D eigenvalue weighted by molar-refractivity contribution is 7.91. The number of rotatable bonds is 7. The second kappa shape index (κ2) is 9.72. The van der Waals surface area contributed by atoms with Gasteiger partial charge in [0.1, 0.15) is 0 Å². The number of fused-ring (bicyclic) bond motifs is 1. The second-order valence-electron chi connectivity index (χ2n) is 9.52. The molecule has 2 aliphatic rings. The Kier molecular flexibility index (Phi) is 7.00. The summed E-state index contributed by atoms with van der Waals surface area (Å²) in [5.41, 5.74) is 1.10. The largest absolute Gasteiger partial charge is 0.334 e. The minimum absolute atomic E-state index is 0.0381. The first-order chi connectivity index (χ1) is 15.0. The number of amides is 1. The molecule has 168 valence electrons. The van der Waals surface area contributed by atoms with Gasteiger partial charge in [-0.25, -0.2) is 8.42 Å². The Balaban J connectivity index is 1.54. The zero-order chi connectivity index (χ0) is 21.8. The molecular formula is C26H35NO3S. The van der Waals surface area contributed by atoms with Gasteiger partial charge >= 0.3 is 0 Å². The van der Waals surface area contributed by atoms with Crippen LogP contribution in [0.3, 0.4) is 0 Å². The van der Waals surface area contributed by atoms with E-state index in [0.29, 0.717) is 13.0 Å². The van der Waals surface area contributed by atoms with Gasteiger partial charge in [-0.1, -0.05) is 68.7 Å². The predicted molar refractivity (Wildman–Crippen MR) is 127 cm³/mol. The van der Waals surface area contributed by atoms with E-state index in [4.69, 9.17) is 0 Å². The zero-order valence-corrected chi connectivity index (χ0v) is 19.4. The van der Waals surface area contributed by atoms with Crippen molar-refractivity contribution < 1.29 is 13.2 Å². The van der Waals surface area contributed by atoms with Gasteiger partial charge in [-0.3, -0.25) is 4.79 Å². The highest BCUT2D eigenvalue weighted by Gasteiger charge is 2.38. The molecule has 2 aromatic rings. The minimum atomic E-state index is -3.05. The van der Waals surface area contributed by atoms with Gasteiger partial charge in [0, 0.05) is 18.5 Å². The van der Waals surface area contributed by atoms with Gasteiger partial charge in [-0.2, -0.15) is 0 Å². The molecule has 2 aromatic carbocycles. The van der Waals surface area contributed by atoms with Gasteiger partial charge in [0.25, 0.3) is 0 Å². The first-order valence-corrected chi connectivity index (χ1v) is 13.8. The number of hydrogen-bond donors (Lipinski definition) is 0. The predicted octanol–water partition coefficient (Wildman–Crippen LogP) is 5.35. The summed E-state index contributed by atoms with van der Waals surface area (Å²) in [7, 11) is -3.05. The molecule has 1 saturated carbocycles. The summed E-state index contributed by atoms with van der Waals surface area (Å²) in [6.07, 6.45) is 8.48. The molecule has 0 aromatic heterocycles. The van der Waals surface area contributed by atoms with Gasteiger partial charge in [0.05, 0.1) is 11.5 Å². The summed E-state index contributed by atoms with van der Waals surface area (Å²) in [5.74, 6) is 1.26. The van der Waals surface area contributed by atoms with Crippen molar-refractivity contribution in [1.82, 2.24) is 4.90 Å². The monoisotopic (exact) mass is 441 g/mol. The minimum Gasteiger partial charge on any atom is -0.334 e. The molecule has 0 spiro atoms. The third-order valence-corrected chi connectivity index (χ3v) is 9.07. The standard InChI is InChI=1S/C26H35NO3S/c1-2-3-7-20-12-14-22(15-13-20)26(28)27(24-16-17-31(29,30)19-24)18-23-10-6-9-21-8-4-5-11-25(21)23/h4-6,8-11,20,22,24H,2-3,7,12-19H2,1H3.